The van der Waals surface area contributed by atoms with Gasteiger partial charge in [0, 0.05) is 19.3 Å². The van der Waals surface area contributed by atoms with Crippen molar-refractivity contribution < 1.29 is 19.1 Å². The first-order valence-electron chi connectivity index (χ1n) is 29.8. The van der Waals surface area contributed by atoms with Crippen LogP contribution in [0.3, 0.4) is 0 Å². The van der Waals surface area contributed by atoms with Gasteiger partial charge in [-0.1, -0.05) is 239 Å². The lowest BCUT2D eigenvalue weighted by atomic mass is 9.47. The Labute approximate surface area is 410 Å². The second kappa shape index (κ2) is 32.3. The van der Waals surface area contributed by atoms with Gasteiger partial charge in [-0.15, -0.1) is 0 Å². The molecule has 0 aromatic rings. The van der Waals surface area contributed by atoms with E-state index in [0.717, 1.165) is 55.8 Å². The number of esters is 2. The smallest absolute Gasteiger partial charge is 0.305 e. The quantitative estimate of drug-likeness (QED) is 0.0354. The van der Waals surface area contributed by atoms with Crippen molar-refractivity contribution in [1.29, 1.82) is 0 Å². The Morgan fingerprint density at radius 3 is 1.64 bits per heavy atom. The Morgan fingerprint density at radius 1 is 0.621 bits per heavy atom. The molecule has 9 atom stereocenters. The number of rotatable bonds is 37. The van der Waals surface area contributed by atoms with Crippen molar-refractivity contribution >= 4 is 11.9 Å². The molecule has 3 saturated carbocycles. The van der Waals surface area contributed by atoms with Gasteiger partial charge >= 0.3 is 11.9 Å². The van der Waals surface area contributed by atoms with E-state index in [1.165, 1.54) is 199 Å². The molecular weight excluding hydrogens is 809 g/mol. The van der Waals surface area contributed by atoms with E-state index in [9.17, 15) is 9.59 Å². The molecule has 0 radical (unpaired) electrons. The molecule has 4 heteroatoms. The van der Waals surface area contributed by atoms with Gasteiger partial charge in [-0.25, -0.2) is 0 Å². The fraction of sp³-hybridized carbons (Fsp3) is 0.903. The van der Waals surface area contributed by atoms with Crippen LogP contribution in [0, 0.1) is 52.3 Å². The first-order valence-corrected chi connectivity index (χ1v) is 29.8. The molecule has 4 aliphatic carbocycles. The molecule has 0 aromatic carbocycles. The minimum absolute atomic E-state index is 0.00137. The summed E-state index contributed by atoms with van der Waals surface area (Å²) in [6.07, 6.45) is 57.3. The second-order valence-corrected chi connectivity index (χ2v) is 23.8. The van der Waals surface area contributed by atoms with E-state index in [1.807, 2.05) is 6.92 Å². The summed E-state index contributed by atoms with van der Waals surface area (Å²) in [5.41, 5.74) is 2.28. The molecule has 0 spiro atoms. The number of allylic oxidation sites excluding steroid dienone is 3. The predicted molar refractivity (Wildman–Crippen MR) is 283 cm³/mol. The maximum Gasteiger partial charge on any atom is 0.305 e. The topological polar surface area (TPSA) is 52.6 Å². The van der Waals surface area contributed by atoms with Crippen molar-refractivity contribution in [3.8, 4) is 0 Å². The Balaban J connectivity index is 0.960. The Hall–Kier alpha value is -1.58. The van der Waals surface area contributed by atoms with Crippen LogP contribution in [0.15, 0.2) is 23.8 Å². The molecule has 0 saturated heterocycles. The Kier molecular flexibility index (Phi) is 27.9. The summed E-state index contributed by atoms with van der Waals surface area (Å²) in [7, 11) is 0. The van der Waals surface area contributed by atoms with E-state index in [2.05, 4.69) is 59.8 Å². The van der Waals surface area contributed by atoms with Crippen LogP contribution < -0.4 is 0 Å². The summed E-state index contributed by atoms with van der Waals surface area (Å²) in [5.74, 6) is 4.61. The average Bonchev–Trinajstić information content (AvgIpc) is 3.67. The van der Waals surface area contributed by atoms with Crippen LogP contribution >= 0.6 is 0 Å². The molecule has 0 amide bonds. The molecule has 382 valence electrons. The molecule has 3 fully saturated rings. The first kappa shape index (κ1) is 57.0. The number of hydrogen-bond donors (Lipinski definition) is 0. The van der Waals surface area contributed by atoms with Gasteiger partial charge in [-0.3, -0.25) is 9.59 Å². The summed E-state index contributed by atoms with van der Waals surface area (Å²) in [6, 6.07) is 0. The summed E-state index contributed by atoms with van der Waals surface area (Å²) in [5, 5.41) is 0. The van der Waals surface area contributed by atoms with Crippen LogP contribution in [0.4, 0.5) is 0 Å². The zero-order chi connectivity index (χ0) is 47.5. The lowest BCUT2D eigenvalue weighted by molar-refractivity contribution is -0.151. The van der Waals surface area contributed by atoms with Crippen LogP contribution in [0.2, 0.25) is 0 Å². The second-order valence-electron chi connectivity index (χ2n) is 23.8. The van der Waals surface area contributed by atoms with Gasteiger partial charge in [0.2, 0.25) is 0 Å². The standard InChI is InChI=1S/C62H110O4/c1-8-10-11-12-13-14-15-16-17-18-19-20-21-22-23-24-25-26-27-28-29-30-31-32-33-34-35-36-60(64)65-48-45-52(50(3)4)38-37-51(5)56-41-42-57-55-40-39-53-49-54(66-59(63)9-2)43-46-61(53,6)58(55)44-47-62(56,57)7/h37-39,50-52,54-58H,8-36,40-49H2,1-7H3/t51-,52+,54+,55+,56-,57+,58+,61+,62-/m1/s1. The molecule has 0 heterocycles. The van der Waals surface area contributed by atoms with Crippen molar-refractivity contribution in [1.82, 2.24) is 0 Å². The van der Waals surface area contributed by atoms with Crippen LogP contribution in [0.1, 0.15) is 292 Å². The van der Waals surface area contributed by atoms with Crippen molar-refractivity contribution in [2.45, 2.75) is 299 Å². The lowest BCUT2D eigenvalue weighted by Crippen LogP contribution is -2.51. The van der Waals surface area contributed by atoms with Gasteiger partial charge < -0.3 is 9.47 Å². The van der Waals surface area contributed by atoms with E-state index in [-0.39, 0.29) is 23.5 Å². The molecule has 0 bridgehead atoms. The van der Waals surface area contributed by atoms with Crippen molar-refractivity contribution in [2.24, 2.45) is 52.3 Å². The highest BCUT2D eigenvalue weighted by molar-refractivity contribution is 5.69. The maximum absolute atomic E-state index is 12.6. The zero-order valence-corrected chi connectivity index (χ0v) is 45.1. The Bertz CT molecular complexity index is 1360. The number of fused-ring (bicyclic) bond motifs is 5. The van der Waals surface area contributed by atoms with Gasteiger partial charge in [-0.2, -0.15) is 0 Å². The van der Waals surface area contributed by atoms with Gasteiger partial charge in [0.15, 0.2) is 0 Å². The fourth-order valence-electron chi connectivity index (χ4n) is 14.1. The molecule has 4 nitrogen and oxygen atoms in total. The third-order valence-electron chi connectivity index (χ3n) is 18.6. The van der Waals surface area contributed by atoms with E-state index in [1.54, 1.807) is 5.57 Å². The van der Waals surface area contributed by atoms with Gasteiger partial charge in [0.25, 0.3) is 0 Å². The van der Waals surface area contributed by atoms with E-state index >= 15 is 0 Å². The van der Waals surface area contributed by atoms with Crippen LogP contribution in [-0.2, 0) is 19.1 Å². The summed E-state index contributed by atoms with van der Waals surface area (Å²) < 4.78 is 11.6. The average molecular weight is 920 g/mol. The first-order chi connectivity index (χ1) is 32.0. The molecule has 0 aliphatic heterocycles. The van der Waals surface area contributed by atoms with Crippen LogP contribution in [0.5, 0.6) is 0 Å². The minimum atomic E-state index is -0.0446. The predicted octanol–water partition coefficient (Wildman–Crippen LogP) is 19.2. The maximum atomic E-state index is 12.6. The fourth-order valence-corrected chi connectivity index (χ4v) is 14.1. The van der Waals surface area contributed by atoms with Crippen molar-refractivity contribution in [3.63, 3.8) is 0 Å². The van der Waals surface area contributed by atoms with Crippen molar-refractivity contribution in [3.05, 3.63) is 23.8 Å². The number of ether oxygens (including phenoxy) is 2. The van der Waals surface area contributed by atoms with E-state index in [4.69, 9.17) is 9.47 Å². The molecule has 66 heavy (non-hydrogen) atoms. The normalized spacial score (nSPS) is 27.0. The molecular formula is C62H110O4. The van der Waals surface area contributed by atoms with Gasteiger partial charge in [0.05, 0.1) is 6.61 Å². The summed E-state index contributed by atoms with van der Waals surface area (Å²) >= 11 is 0. The van der Waals surface area contributed by atoms with Crippen LogP contribution in [0.25, 0.3) is 0 Å². The Morgan fingerprint density at radius 2 is 1.14 bits per heavy atom. The largest absolute Gasteiger partial charge is 0.466 e. The van der Waals surface area contributed by atoms with Crippen molar-refractivity contribution in [2.75, 3.05) is 6.61 Å². The van der Waals surface area contributed by atoms with Gasteiger partial charge in [-0.05, 0) is 110 Å². The molecule has 0 N–H and O–H groups in total. The highest BCUT2D eigenvalue weighted by atomic mass is 16.5. The summed E-state index contributed by atoms with van der Waals surface area (Å²) in [4.78, 5) is 24.7. The number of hydrogen-bond acceptors (Lipinski definition) is 4. The third kappa shape index (κ3) is 19.3. The monoisotopic (exact) mass is 919 g/mol. The number of carbonyl (C=O) groups is 2. The number of unbranched alkanes of at least 4 members (excludes halogenated alkanes) is 26. The molecule has 4 aliphatic rings. The SMILES string of the molecule is CCCCCCCCCCCCCCCCCCCCCCCCCCCCCC(=O)OCC[C@H](C=C[C@@H](C)[C@H]1CC[C@H]2[C@@H]3CC=C4C[C@@H](OC(=O)CC)CC[C@]4(C)[C@H]3CC[C@]12C)C(C)C. The third-order valence-corrected chi connectivity index (χ3v) is 18.6. The van der Waals surface area contributed by atoms with E-state index < -0.39 is 0 Å². The number of carbonyl (C=O) groups excluding carboxylic acids is 2. The minimum Gasteiger partial charge on any atom is -0.466 e. The molecule has 0 unspecified atom stereocenters. The molecule has 0 aromatic heterocycles. The lowest BCUT2D eigenvalue weighted by Gasteiger charge is -2.58. The van der Waals surface area contributed by atoms with E-state index in [0.29, 0.717) is 42.6 Å². The molecule has 4 rings (SSSR count). The highest BCUT2D eigenvalue weighted by Crippen LogP contribution is 2.67. The van der Waals surface area contributed by atoms with Gasteiger partial charge in [0.1, 0.15) is 6.10 Å². The summed E-state index contributed by atoms with van der Waals surface area (Å²) in [6.45, 7) is 17.1. The highest BCUT2D eigenvalue weighted by Gasteiger charge is 2.59. The van der Waals surface area contributed by atoms with Crippen LogP contribution in [-0.4, -0.2) is 24.6 Å². The zero-order valence-electron chi connectivity index (χ0n) is 45.1.